The molecule has 1 rings (SSSR count). The molecule has 76 valence electrons. The number of rotatable bonds is 4. The van der Waals surface area contributed by atoms with Crippen LogP contribution in [0.1, 0.15) is 11.1 Å². The van der Waals surface area contributed by atoms with Crippen LogP contribution in [0.3, 0.4) is 0 Å². The lowest BCUT2D eigenvalue weighted by Crippen LogP contribution is -2.31. The van der Waals surface area contributed by atoms with Gasteiger partial charge in [0.05, 0.1) is 6.54 Å². The first kappa shape index (κ1) is 10.7. The van der Waals surface area contributed by atoms with Crippen LogP contribution in [0.2, 0.25) is 0 Å². The Hall–Kier alpha value is -1.42. The van der Waals surface area contributed by atoms with Gasteiger partial charge in [-0.2, -0.15) is 0 Å². The highest BCUT2D eigenvalue weighted by molar-refractivity contribution is 5.77. The standard InChI is InChI=1S/C10H15N3O/c1-8-3-4-12-5-9(8)6-13-7-10(14)11-2/h3-5,13H,6-7H2,1-2H3,(H,11,14). The highest BCUT2D eigenvalue weighted by atomic mass is 16.1. The van der Waals surface area contributed by atoms with E-state index in [4.69, 9.17) is 0 Å². The second-order valence-electron chi connectivity index (χ2n) is 3.08. The first-order chi connectivity index (χ1) is 6.74. The van der Waals surface area contributed by atoms with E-state index in [1.807, 2.05) is 19.2 Å². The molecule has 0 atom stereocenters. The van der Waals surface area contributed by atoms with Crippen molar-refractivity contribution in [2.24, 2.45) is 0 Å². The van der Waals surface area contributed by atoms with Gasteiger partial charge in [0.1, 0.15) is 0 Å². The van der Waals surface area contributed by atoms with Crippen molar-refractivity contribution < 1.29 is 4.79 Å². The summed E-state index contributed by atoms with van der Waals surface area (Å²) in [7, 11) is 1.62. The number of pyridine rings is 1. The lowest BCUT2D eigenvalue weighted by Gasteiger charge is -2.05. The van der Waals surface area contributed by atoms with Crippen LogP contribution in [0.4, 0.5) is 0 Å². The molecule has 0 bridgehead atoms. The second-order valence-corrected chi connectivity index (χ2v) is 3.08. The third-order valence-corrected chi connectivity index (χ3v) is 2.03. The number of carbonyl (C=O) groups is 1. The highest BCUT2D eigenvalue weighted by Crippen LogP contribution is 2.03. The monoisotopic (exact) mass is 193 g/mol. The fourth-order valence-electron chi connectivity index (χ4n) is 1.08. The van der Waals surface area contributed by atoms with E-state index < -0.39 is 0 Å². The molecule has 0 aliphatic rings. The molecule has 0 aliphatic carbocycles. The maximum atomic E-state index is 10.9. The first-order valence-corrected chi connectivity index (χ1v) is 4.55. The van der Waals surface area contributed by atoms with Gasteiger partial charge in [-0.25, -0.2) is 0 Å². The van der Waals surface area contributed by atoms with Crippen molar-refractivity contribution in [1.29, 1.82) is 0 Å². The zero-order valence-electron chi connectivity index (χ0n) is 8.50. The van der Waals surface area contributed by atoms with Crippen LogP contribution in [0.25, 0.3) is 0 Å². The normalized spacial score (nSPS) is 9.86. The number of hydrogen-bond donors (Lipinski definition) is 2. The number of aryl methyl sites for hydroxylation is 1. The van der Waals surface area contributed by atoms with Crippen molar-refractivity contribution in [2.75, 3.05) is 13.6 Å². The summed E-state index contributed by atoms with van der Waals surface area (Å²) in [6, 6.07) is 1.96. The molecule has 1 aromatic heterocycles. The lowest BCUT2D eigenvalue weighted by molar-refractivity contribution is -0.119. The Kier molecular flexibility index (Phi) is 4.07. The van der Waals surface area contributed by atoms with Gasteiger partial charge < -0.3 is 10.6 Å². The topological polar surface area (TPSA) is 54.0 Å². The molecule has 2 N–H and O–H groups in total. The van der Waals surface area contributed by atoms with Crippen LogP contribution >= 0.6 is 0 Å². The van der Waals surface area contributed by atoms with Crippen LogP contribution in [-0.2, 0) is 11.3 Å². The van der Waals surface area contributed by atoms with Gasteiger partial charge >= 0.3 is 0 Å². The van der Waals surface area contributed by atoms with E-state index in [-0.39, 0.29) is 5.91 Å². The summed E-state index contributed by atoms with van der Waals surface area (Å²) in [4.78, 5) is 14.9. The summed E-state index contributed by atoms with van der Waals surface area (Å²) >= 11 is 0. The quantitative estimate of drug-likeness (QED) is 0.719. The molecule has 14 heavy (non-hydrogen) atoms. The van der Waals surface area contributed by atoms with Crippen LogP contribution in [0, 0.1) is 6.92 Å². The fraction of sp³-hybridized carbons (Fsp3) is 0.400. The number of nitrogens with zero attached hydrogens (tertiary/aromatic N) is 1. The molecule has 1 amide bonds. The van der Waals surface area contributed by atoms with Gasteiger partial charge in [-0.1, -0.05) is 0 Å². The Bertz CT molecular complexity index is 312. The zero-order chi connectivity index (χ0) is 10.4. The van der Waals surface area contributed by atoms with E-state index >= 15 is 0 Å². The maximum absolute atomic E-state index is 10.9. The van der Waals surface area contributed by atoms with Crippen molar-refractivity contribution in [2.45, 2.75) is 13.5 Å². The largest absolute Gasteiger partial charge is 0.358 e. The van der Waals surface area contributed by atoms with Crippen LogP contribution in [0.15, 0.2) is 18.5 Å². The van der Waals surface area contributed by atoms with Gasteiger partial charge in [-0.05, 0) is 24.1 Å². The van der Waals surface area contributed by atoms with E-state index in [1.165, 1.54) is 5.56 Å². The van der Waals surface area contributed by atoms with Gasteiger partial charge in [0.15, 0.2) is 0 Å². The third kappa shape index (κ3) is 3.14. The molecule has 0 fully saturated rings. The Labute approximate surface area is 83.7 Å². The van der Waals surface area contributed by atoms with Crippen molar-refractivity contribution >= 4 is 5.91 Å². The van der Waals surface area contributed by atoms with Crippen molar-refractivity contribution in [3.63, 3.8) is 0 Å². The molecule has 0 saturated heterocycles. The average molecular weight is 193 g/mol. The number of hydrogen-bond acceptors (Lipinski definition) is 3. The maximum Gasteiger partial charge on any atom is 0.233 e. The Balaban J connectivity index is 2.39. The van der Waals surface area contributed by atoms with E-state index in [0.29, 0.717) is 13.1 Å². The van der Waals surface area contributed by atoms with Crippen molar-refractivity contribution in [3.05, 3.63) is 29.6 Å². The second kappa shape index (κ2) is 5.34. The van der Waals surface area contributed by atoms with Crippen molar-refractivity contribution in [1.82, 2.24) is 15.6 Å². The summed E-state index contributed by atoms with van der Waals surface area (Å²) in [5.74, 6) is -0.00783. The van der Waals surface area contributed by atoms with Crippen LogP contribution in [-0.4, -0.2) is 24.5 Å². The van der Waals surface area contributed by atoms with E-state index in [0.717, 1.165) is 5.56 Å². The number of amides is 1. The predicted octanol–water partition coefficient (Wildman–Crippen LogP) is 0.226. The summed E-state index contributed by atoms with van der Waals surface area (Å²) in [6.45, 7) is 3.04. The fourth-order valence-corrected chi connectivity index (χ4v) is 1.08. The minimum Gasteiger partial charge on any atom is -0.358 e. The summed E-state index contributed by atoms with van der Waals surface area (Å²) in [5.41, 5.74) is 2.31. The molecule has 0 spiro atoms. The molecule has 0 aliphatic heterocycles. The molecular formula is C10H15N3O. The van der Waals surface area contributed by atoms with Gasteiger partial charge in [0.2, 0.25) is 5.91 Å². The third-order valence-electron chi connectivity index (χ3n) is 2.03. The van der Waals surface area contributed by atoms with Gasteiger partial charge in [0, 0.05) is 26.0 Å². The van der Waals surface area contributed by atoms with E-state index in [1.54, 1.807) is 13.2 Å². The Morgan fingerprint density at radius 2 is 2.36 bits per heavy atom. The lowest BCUT2D eigenvalue weighted by atomic mass is 10.1. The molecule has 4 heteroatoms. The van der Waals surface area contributed by atoms with E-state index in [2.05, 4.69) is 15.6 Å². The smallest absolute Gasteiger partial charge is 0.233 e. The van der Waals surface area contributed by atoms with Gasteiger partial charge in [0.25, 0.3) is 0 Å². The number of aromatic nitrogens is 1. The minimum absolute atomic E-state index is 0.00783. The number of carbonyl (C=O) groups excluding carboxylic acids is 1. The molecule has 0 radical (unpaired) electrons. The highest BCUT2D eigenvalue weighted by Gasteiger charge is 1.99. The SMILES string of the molecule is CNC(=O)CNCc1cnccc1C. The summed E-state index contributed by atoms with van der Waals surface area (Å²) in [6.07, 6.45) is 3.57. The molecular weight excluding hydrogens is 178 g/mol. The minimum atomic E-state index is -0.00783. The number of nitrogens with one attached hydrogen (secondary N) is 2. The van der Waals surface area contributed by atoms with E-state index in [9.17, 15) is 4.79 Å². The molecule has 1 aromatic rings. The average Bonchev–Trinajstić information content (AvgIpc) is 2.20. The van der Waals surface area contributed by atoms with Gasteiger partial charge in [-0.3, -0.25) is 9.78 Å². The van der Waals surface area contributed by atoms with Crippen molar-refractivity contribution in [3.8, 4) is 0 Å². The molecule has 0 unspecified atom stereocenters. The summed E-state index contributed by atoms with van der Waals surface area (Å²) < 4.78 is 0. The summed E-state index contributed by atoms with van der Waals surface area (Å²) in [5, 5.41) is 5.59. The Morgan fingerprint density at radius 3 is 3.00 bits per heavy atom. The molecule has 0 aromatic carbocycles. The van der Waals surface area contributed by atoms with Crippen LogP contribution in [0.5, 0.6) is 0 Å². The Morgan fingerprint density at radius 1 is 1.57 bits per heavy atom. The molecule has 4 nitrogen and oxygen atoms in total. The predicted molar refractivity (Wildman–Crippen MR) is 54.7 cm³/mol. The van der Waals surface area contributed by atoms with Crippen LogP contribution < -0.4 is 10.6 Å². The van der Waals surface area contributed by atoms with Gasteiger partial charge in [-0.15, -0.1) is 0 Å². The zero-order valence-corrected chi connectivity index (χ0v) is 8.50. The number of likely N-dealkylation sites (N-methyl/N-ethyl adjacent to an activating group) is 1. The molecule has 1 heterocycles. The first-order valence-electron chi connectivity index (χ1n) is 4.55. The molecule has 0 saturated carbocycles.